The highest BCUT2D eigenvalue weighted by atomic mass is 16.5. The van der Waals surface area contributed by atoms with Gasteiger partial charge in [-0.05, 0) is 30.3 Å². The highest BCUT2D eigenvalue weighted by Crippen LogP contribution is 2.09. The minimum atomic E-state index is -0.242. The number of amides is 1. The van der Waals surface area contributed by atoms with Gasteiger partial charge in [-0.2, -0.15) is 5.10 Å². The lowest BCUT2D eigenvalue weighted by Gasteiger charge is -2.05. The molecule has 0 atom stereocenters. The number of hydrogen-bond donors (Lipinski definition) is 1. The van der Waals surface area contributed by atoms with E-state index in [9.17, 15) is 4.79 Å². The summed E-state index contributed by atoms with van der Waals surface area (Å²) in [6, 6.07) is 16.7. The Bertz CT molecular complexity index is 757. The van der Waals surface area contributed by atoms with Crippen LogP contribution in [0.2, 0.25) is 0 Å². The van der Waals surface area contributed by atoms with E-state index in [4.69, 9.17) is 4.74 Å². The average molecular weight is 308 g/mol. The lowest BCUT2D eigenvalue weighted by Crippen LogP contribution is -2.24. The quantitative estimate of drug-likeness (QED) is 0.758. The van der Waals surface area contributed by atoms with E-state index in [1.54, 1.807) is 23.1 Å². The zero-order chi connectivity index (χ0) is 15.9. The molecule has 0 spiro atoms. The first-order valence-corrected chi connectivity index (χ1v) is 7.21. The zero-order valence-electron chi connectivity index (χ0n) is 12.4. The van der Waals surface area contributed by atoms with E-state index in [0.29, 0.717) is 12.2 Å². The molecule has 6 nitrogen and oxygen atoms in total. The van der Waals surface area contributed by atoms with Crippen molar-refractivity contribution in [2.45, 2.75) is 13.3 Å². The Morgan fingerprint density at radius 3 is 2.70 bits per heavy atom. The molecule has 0 saturated carbocycles. The van der Waals surface area contributed by atoms with Crippen LogP contribution < -0.4 is 10.1 Å². The van der Waals surface area contributed by atoms with E-state index in [-0.39, 0.29) is 12.6 Å². The van der Waals surface area contributed by atoms with E-state index in [1.807, 2.05) is 48.5 Å². The average Bonchev–Trinajstić information content (AvgIpc) is 3.09. The second-order valence-electron chi connectivity index (χ2n) is 4.83. The summed E-state index contributed by atoms with van der Waals surface area (Å²) in [5, 5.41) is 6.98. The first-order chi connectivity index (χ1) is 11.3. The monoisotopic (exact) mass is 308 g/mol. The van der Waals surface area contributed by atoms with Crippen LogP contribution in [0.5, 0.6) is 5.75 Å². The molecule has 1 aromatic carbocycles. The van der Waals surface area contributed by atoms with Crippen molar-refractivity contribution in [2.24, 2.45) is 0 Å². The number of carbonyl (C=O) groups is 1. The van der Waals surface area contributed by atoms with Crippen LogP contribution in [0.15, 0.2) is 67.0 Å². The van der Waals surface area contributed by atoms with Crippen molar-refractivity contribution in [2.75, 3.05) is 0 Å². The van der Waals surface area contributed by atoms with Crippen molar-refractivity contribution in [3.05, 3.63) is 78.4 Å². The summed E-state index contributed by atoms with van der Waals surface area (Å²) in [6.45, 7) is 0.616. The fraction of sp³-hybridized carbons (Fsp3) is 0.118. The molecular formula is C17H16N4O2. The number of nitrogens with one attached hydrogen (secondary N) is 1. The van der Waals surface area contributed by atoms with Gasteiger partial charge in [-0.3, -0.25) is 9.78 Å². The summed E-state index contributed by atoms with van der Waals surface area (Å²) in [6.07, 6.45) is 3.40. The minimum absolute atomic E-state index is 0.242. The van der Waals surface area contributed by atoms with Crippen LogP contribution in [0, 0.1) is 0 Å². The van der Waals surface area contributed by atoms with Gasteiger partial charge in [-0.25, -0.2) is 4.68 Å². The van der Waals surface area contributed by atoms with Gasteiger partial charge in [0.15, 0.2) is 6.73 Å². The zero-order valence-corrected chi connectivity index (χ0v) is 12.4. The third-order valence-electron chi connectivity index (χ3n) is 3.14. The molecule has 23 heavy (non-hydrogen) atoms. The second-order valence-corrected chi connectivity index (χ2v) is 4.83. The van der Waals surface area contributed by atoms with E-state index in [2.05, 4.69) is 15.4 Å². The largest absolute Gasteiger partial charge is 0.471 e. The van der Waals surface area contributed by atoms with Gasteiger partial charge in [0.2, 0.25) is 0 Å². The van der Waals surface area contributed by atoms with Gasteiger partial charge >= 0.3 is 0 Å². The topological polar surface area (TPSA) is 69.0 Å². The van der Waals surface area contributed by atoms with E-state index in [0.717, 1.165) is 11.4 Å². The molecule has 0 unspecified atom stereocenters. The van der Waals surface area contributed by atoms with Crippen molar-refractivity contribution in [3.8, 4) is 5.75 Å². The number of pyridine rings is 1. The highest BCUT2D eigenvalue weighted by molar-refractivity contribution is 5.92. The number of aromatic nitrogens is 3. The maximum atomic E-state index is 12.1. The van der Waals surface area contributed by atoms with Gasteiger partial charge in [0.25, 0.3) is 5.91 Å². The summed E-state index contributed by atoms with van der Waals surface area (Å²) < 4.78 is 7.15. The Kier molecular flexibility index (Phi) is 4.63. The number of benzene rings is 1. The molecule has 0 saturated heterocycles. The summed E-state index contributed by atoms with van der Waals surface area (Å²) in [5.74, 6) is 0.512. The molecule has 3 aromatic rings. The van der Waals surface area contributed by atoms with Crippen molar-refractivity contribution in [1.29, 1.82) is 0 Å². The van der Waals surface area contributed by atoms with E-state index in [1.165, 1.54) is 0 Å². The van der Waals surface area contributed by atoms with Crippen LogP contribution in [0.25, 0.3) is 0 Å². The molecular weight excluding hydrogens is 292 g/mol. The summed E-state index contributed by atoms with van der Waals surface area (Å²) in [5.41, 5.74) is 1.14. The molecule has 0 aliphatic carbocycles. The molecule has 2 aromatic heterocycles. The molecule has 0 aliphatic heterocycles. The Morgan fingerprint density at radius 2 is 1.91 bits per heavy atom. The molecule has 1 amide bonds. The molecule has 0 radical (unpaired) electrons. The van der Waals surface area contributed by atoms with Crippen LogP contribution in [-0.4, -0.2) is 20.7 Å². The van der Waals surface area contributed by atoms with Gasteiger partial charge in [0.05, 0.1) is 12.2 Å². The number of rotatable bonds is 6. The van der Waals surface area contributed by atoms with Crippen molar-refractivity contribution >= 4 is 5.91 Å². The molecule has 3 rings (SSSR count). The third-order valence-corrected chi connectivity index (χ3v) is 3.14. The van der Waals surface area contributed by atoms with Crippen LogP contribution in [-0.2, 0) is 13.3 Å². The van der Waals surface area contributed by atoms with Gasteiger partial charge in [-0.1, -0.05) is 24.3 Å². The number of ether oxygens (including phenoxy) is 1. The van der Waals surface area contributed by atoms with Crippen molar-refractivity contribution in [1.82, 2.24) is 20.1 Å². The molecule has 6 heteroatoms. The SMILES string of the molecule is O=C(NCc1ccccn1)c1ccn(COc2ccccc2)n1. The maximum Gasteiger partial charge on any atom is 0.272 e. The van der Waals surface area contributed by atoms with Crippen molar-refractivity contribution in [3.63, 3.8) is 0 Å². The standard InChI is InChI=1S/C17H16N4O2/c22-17(19-12-14-6-4-5-10-18-14)16-9-11-21(20-16)13-23-15-7-2-1-3-8-15/h1-11H,12-13H2,(H,19,22). The molecule has 0 fully saturated rings. The smallest absolute Gasteiger partial charge is 0.272 e. The molecule has 1 N–H and O–H groups in total. The molecule has 0 aliphatic rings. The Hall–Kier alpha value is -3.15. The predicted molar refractivity (Wildman–Crippen MR) is 84.7 cm³/mol. The third kappa shape index (κ3) is 4.16. The summed E-state index contributed by atoms with van der Waals surface area (Å²) >= 11 is 0. The lowest BCUT2D eigenvalue weighted by molar-refractivity contribution is 0.0943. The van der Waals surface area contributed by atoms with Crippen LogP contribution >= 0.6 is 0 Å². The number of para-hydroxylation sites is 1. The molecule has 116 valence electrons. The van der Waals surface area contributed by atoms with Gasteiger partial charge in [0, 0.05) is 12.4 Å². The predicted octanol–water partition coefficient (Wildman–Crippen LogP) is 2.24. The highest BCUT2D eigenvalue weighted by Gasteiger charge is 2.09. The lowest BCUT2D eigenvalue weighted by atomic mass is 10.3. The summed E-state index contributed by atoms with van der Waals surface area (Å²) in [7, 11) is 0. The first-order valence-electron chi connectivity index (χ1n) is 7.21. The summed E-state index contributed by atoms with van der Waals surface area (Å²) in [4.78, 5) is 16.2. The van der Waals surface area contributed by atoms with Crippen LogP contribution in [0.1, 0.15) is 16.2 Å². The maximum absolute atomic E-state index is 12.1. The normalized spacial score (nSPS) is 10.3. The second kappa shape index (κ2) is 7.22. The van der Waals surface area contributed by atoms with E-state index >= 15 is 0 Å². The molecule has 2 heterocycles. The van der Waals surface area contributed by atoms with Gasteiger partial charge in [0.1, 0.15) is 11.4 Å². The Balaban J connectivity index is 1.53. The van der Waals surface area contributed by atoms with Crippen LogP contribution in [0.3, 0.4) is 0 Å². The first kappa shape index (κ1) is 14.8. The fourth-order valence-electron chi connectivity index (χ4n) is 1.98. The fourth-order valence-corrected chi connectivity index (χ4v) is 1.98. The minimum Gasteiger partial charge on any atom is -0.471 e. The van der Waals surface area contributed by atoms with Gasteiger partial charge < -0.3 is 10.1 Å². The van der Waals surface area contributed by atoms with E-state index < -0.39 is 0 Å². The Labute approximate surface area is 133 Å². The Morgan fingerprint density at radius 1 is 1.09 bits per heavy atom. The van der Waals surface area contributed by atoms with Crippen molar-refractivity contribution < 1.29 is 9.53 Å². The number of carbonyl (C=O) groups excluding carboxylic acids is 1. The molecule has 0 bridgehead atoms. The number of nitrogens with zero attached hydrogens (tertiary/aromatic N) is 3. The van der Waals surface area contributed by atoms with Gasteiger partial charge in [-0.15, -0.1) is 0 Å². The van der Waals surface area contributed by atoms with Crippen LogP contribution in [0.4, 0.5) is 0 Å². The number of hydrogen-bond acceptors (Lipinski definition) is 4.